The van der Waals surface area contributed by atoms with Crippen molar-refractivity contribution < 1.29 is 14.1 Å². The van der Waals surface area contributed by atoms with Crippen molar-refractivity contribution in [2.24, 2.45) is 7.05 Å². The Balaban J connectivity index is 1.79. The largest absolute Gasteiger partial charge is 0.322 e. The molecular formula is C16H15FN6O3. The first-order valence-electron chi connectivity index (χ1n) is 7.62. The molecule has 0 fully saturated rings. The van der Waals surface area contributed by atoms with Crippen LogP contribution in [-0.2, 0) is 13.6 Å². The molecule has 1 aromatic carbocycles. The molecule has 0 aliphatic rings. The molecule has 0 aliphatic heterocycles. The fourth-order valence-corrected chi connectivity index (χ4v) is 2.63. The van der Waals surface area contributed by atoms with Crippen molar-refractivity contribution in [2.75, 3.05) is 5.32 Å². The van der Waals surface area contributed by atoms with E-state index >= 15 is 0 Å². The Hall–Kier alpha value is -3.56. The molecule has 3 rings (SSSR count). The zero-order chi connectivity index (χ0) is 18.8. The minimum absolute atomic E-state index is 0.151. The Labute approximate surface area is 147 Å². The van der Waals surface area contributed by atoms with Crippen LogP contribution in [-0.4, -0.2) is 30.4 Å². The van der Waals surface area contributed by atoms with Gasteiger partial charge in [0.2, 0.25) is 5.69 Å². The third-order valence-corrected chi connectivity index (χ3v) is 3.77. The summed E-state index contributed by atoms with van der Waals surface area (Å²) in [6.45, 7) is 1.65. The Morgan fingerprint density at radius 3 is 2.81 bits per heavy atom. The first kappa shape index (κ1) is 17.3. The normalized spacial score (nSPS) is 10.7. The van der Waals surface area contributed by atoms with Gasteiger partial charge < -0.3 is 5.32 Å². The van der Waals surface area contributed by atoms with E-state index in [0.717, 1.165) is 4.68 Å². The van der Waals surface area contributed by atoms with E-state index in [1.807, 2.05) is 0 Å². The van der Waals surface area contributed by atoms with E-state index in [1.165, 1.54) is 37.1 Å². The monoisotopic (exact) mass is 358 g/mol. The molecule has 0 unspecified atom stereocenters. The molecule has 0 aliphatic carbocycles. The van der Waals surface area contributed by atoms with Crippen molar-refractivity contribution in [3.8, 4) is 0 Å². The summed E-state index contributed by atoms with van der Waals surface area (Å²) in [5.74, 6) is -1.03. The van der Waals surface area contributed by atoms with E-state index < -0.39 is 10.8 Å². The fourth-order valence-electron chi connectivity index (χ4n) is 2.63. The SMILES string of the molecule is Cc1nn(C)c(C(=O)Nc2cnn(Cc3ccccc3F)c2)c1[N+](=O)[O-]. The number of aryl methyl sites for hydroxylation is 2. The van der Waals surface area contributed by atoms with E-state index in [4.69, 9.17) is 0 Å². The van der Waals surface area contributed by atoms with Gasteiger partial charge in [-0.25, -0.2) is 4.39 Å². The zero-order valence-corrected chi connectivity index (χ0v) is 14.0. The summed E-state index contributed by atoms with van der Waals surface area (Å²) in [5, 5.41) is 21.7. The predicted molar refractivity (Wildman–Crippen MR) is 90.3 cm³/mol. The second kappa shape index (κ2) is 6.75. The summed E-state index contributed by atoms with van der Waals surface area (Å²) in [6, 6.07) is 6.30. The predicted octanol–water partition coefficient (Wildman–Crippen LogP) is 2.27. The second-order valence-corrected chi connectivity index (χ2v) is 5.64. The van der Waals surface area contributed by atoms with Crippen molar-refractivity contribution in [1.82, 2.24) is 19.6 Å². The van der Waals surface area contributed by atoms with Crippen molar-refractivity contribution in [3.63, 3.8) is 0 Å². The molecule has 0 bridgehead atoms. The minimum atomic E-state index is -0.676. The quantitative estimate of drug-likeness (QED) is 0.556. The topological polar surface area (TPSA) is 108 Å². The van der Waals surface area contributed by atoms with Gasteiger partial charge in [-0.05, 0) is 13.0 Å². The third kappa shape index (κ3) is 3.29. The number of anilines is 1. The molecule has 1 N–H and O–H groups in total. The van der Waals surface area contributed by atoms with Crippen LogP contribution in [0, 0.1) is 22.9 Å². The van der Waals surface area contributed by atoms with Crippen LogP contribution in [0.15, 0.2) is 36.7 Å². The maximum absolute atomic E-state index is 13.7. The maximum atomic E-state index is 13.7. The van der Waals surface area contributed by atoms with Gasteiger partial charge in [0.15, 0.2) is 0 Å². The van der Waals surface area contributed by atoms with Crippen LogP contribution in [0.5, 0.6) is 0 Å². The van der Waals surface area contributed by atoms with E-state index in [1.54, 1.807) is 18.2 Å². The number of aromatic nitrogens is 4. The molecule has 0 saturated heterocycles. The van der Waals surface area contributed by atoms with E-state index in [0.29, 0.717) is 11.3 Å². The molecule has 0 saturated carbocycles. The molecule has 9 nitrogen and oxygen atoms in total. The molecule has 0 spiro atoms. The molecule has 10 heteroatoms. The lowest BCUT2D eigenvalue weighted by Gasteiger charge is -2.04. The Kier molecular flexibility index (Phi) is 4.48. The summed E-state index contributed by atoms with van der Waals surface area (Å²) in [6.07, 6.45) is 2.90. The molecule has 0 radical (unpaired) electrons. The number of benzene rings is 1. The van der Waals surface area contributed by atoms with Gasteiger partial charge in [-0.1, -0.05) is 18.2 Å². The standard InChI is InChI=1S/C16H15FN6O3/c1-10-14(23(25)26)15(21(2)20-10)16(24)19-12-7-18-22(9-12)8-11-5-3-4-6-13(11)17/h3-7,9H,8H2,1-2H3,(H,19,24). The smallest absolute Gasteiger partial charge is 0.318 e. The van der Waals surface area contributed by atoms with Crippen LogP contribution in [0.3, 0.4) is 0 Å². The third-order valence-electron chi connectivity index (χ3n) is 3.77. The highest BCUT2D eigenvalue weighted by atomic mass is 19.1. The van der Waals surface area contributed by atoms with Gasteiger partial charge in [0.05, 0.1) is 23.4 Å². The van der Waals surface area contributed by atoms with Crippen LogP contribution in [0.2, 0.25) is 0 Å². The zero-order valence-electron chi connectivity index (χ0n) is 14.0. The summed E-state index contributed by atoms with van der Waals surface area (Å²) >= 11 is 0. The number of nitro groups is 1. The van der Waals surface area contributed by atoms with Gasteiger partial charge in [-0.3, -0.25) is 24.3 Å². The molecule has 2 heterocycles. The number of carbonyl (C=O) groups excluding carboxylic acids is 1. The number of hydrogen-bond donors (Lipinski definition) is 1. The summed E-state index contributed by atoms with van der Waals surface area (Å²) in [4.78, 5) is 23.0. The van der Waals surface area contributed by atoms with Crippen LogP contribution in [0.4, 0.5) is 15.8 Å². The lowest BCUT2D eigenvalue weighted by molar-refractivity contribution is -0.385. The number of carbonyl (C=O) groups is 1. The lowest BCUT2D eigenvalue weighted by atomic mass is 10.2. The number of nitrogens with one attached hydrogen (secondary N) is 1. The molecule has 26 heavy (non-hydrogen) atoms. The molecule has 0 atom stereocenters. The molecule has 2 aromatic heterocycles. The number of rotatable bonds is 5. The maximum Gasteiger partial charge on any atom is 0.322 e. The van der Waals surface area contributed by atoms with Gasteiger partial charge in [0, 0.05) is 18.8 Å². The number of halogens is 1. The lowest BCUT2D eigenvalue weighted by Crippen LogP contribution is -2.17. The Morgan fingerprint density at radius 2 is 2.12 bits per heavy atom. The van der Waals surface area contributed by atoms with Crippen molar-refractivity contribution in [3.05, 3.63) is 69.5 Å². The van der Waals surface area contributed by atoms with E-state index in [9.17, 15) is 19.3 Å². The van der Waals surface area contributed by atoms with Gasteiger partial charge >= 0.3 is 5.69 Å². The van der Waals surface area contributed by atoms with E-state index in [-0.39, 0.29) is 29.4 Å². The summed E-state index contributed by atoms with van der Waals surface area (Å²) in [7, 11) is 1.45. The Bertz CT molecular complexity index is 994. The van der Waals surface area contributed by atoms with Crippen molar-refractivity contribution in [2.45, 2.75) is 13.5 Å². The summed E-state index contributed by atoms with van der Waals surface area (Å²) < 4.78 is 16.3. The fraction of sp³-hybridized carbons (Fsp3) is 0.188. The molecule has 1 amide bonds. The number of hydrogen-bond acceptors (Lipinski definition) is 5. The van der Waals surface area contributed by atoms with Crippen LogP contribution < -0.4 is 5.32 Å². The molecular weight excluding hydrogens is 343 g/mol. The van der Waals surface area contributed by atoms with E-state index in [2.05, 4.69) is 15.5 Å². The Morgan fingerprint density at radius 1 is 1.38 bits per heavy atom. The van der Waals surface area contributed by atoms with Crippen LogP contribution >= 0.6 is 0 Å². The summed E-state index contributed by atoms with van der Waals surface area (Å²) in [5.41, 5.74) is 0.432. The highest BCUT2D eigenvalue weighted by molar-refractivity contribution is 6.05. The molecule has 3 aromatic rings. The van der Waals surface area contributed by atoms with Gasteiger partial charge in [0.25, 0.3) is 5.91 Å². The van der Waals surface area contributed by atoms with Gasteiger partial charge in [-0.15, -0.1) is 0 Å². The van der Waals surface area contributed by atoms with Crippen molar-refractivity contribution >= 4 is 17.3 Å². The molecule has 134 valence electrons. The first-order valence-corrected chi connectivity index (χ1v) is 7.62. The van der Waals surface area contributed by atoms with Crippen LogP contribution in [0.1, 0.15) is 21.7 Å². The van der Waals surface area contributed by atoms with Crippen molar-refractivity contribution in [1.29, 1.82) is 0 Å². The van der Waals surface area contributed by atoms with Crippen LogP contribution in [0.25, 0.3) is 0 Å². The highest BCUT2D eigenvalue weighted by Gasteiger charge is 2.29. The van der Waals surface area contributed by atoms with Gasteiger partial charge in [-0.2, -0.15) is 10.2 Å². The average molecular weight is 358 g/mol. The number of amides is 1. The van der Waals surface area contributed by atoms with Gasteiger partial charge in [0.1, 0.15) is 11.5 Å². The number of nitrogens with zero attached hydrogens (tertiary/aromatic N) is 5. The minimum Gasteiger partial charge on any atom is -0.318 e. The average Bonchev–Trinajstić information content (AvgIpc) is 3.13. The first-order chi connectivity index (χ1) is 12.4. The second-order valence-electron chi connectivity index (χ2n) is 5.64. The highest BCUT2D eigenvalue weighted by Crippen LogP contribution is 2.23.